The average molecular weight is 335 g/mol. The lowest BCUT2D eigenvalue weighted by molar-refractivity contribution is -0.129. The number of hydrogen-bond acceptors (Lipinski definition) is 4. The summed E-state index contributed by atoms with van der Waals surface area (Å²) in [5.41, 5.74) is 0.702. The highest BCUT2D eigenvalue weighted by atomic mass is 32.2. The number of hydrogen-bond donors (Lipinski definition) is 0. The zero-order valence-electron chi connectivity index (χ0n) is 13.2. The van der Waals surface area contributed by atoms with Crippen LogP contribution in [0.15, 0.2) is 24.3 Å². The van der Waals surface area contributed by atoms with E-state index in [9.17, 15) is 13.2 Å². The molecular formula is C16H21N3O3S. The van der Waals surface area contributed by atoms with Gasteiger partial charge in [0.25, 0.3) is 0 Å². The van der Waals surface area contributed by atoms with Gasteiger partial charge in [-0.25, -0.2) is 8.42 Å². The Morgan fingerprint density at radius 2 is 1.91 bits per heavy atom. The van der Waals surface area contributed by atoms with Crippen molar-refractivity contribution in [3.8, 4) is 6.07 Å². The number of carbonyl (C=O) groups excluding carboxylic acids is 1. The van der Waals surface area contributed by atoms with E-state index in [0.29, 0.717) is 24.3 Å². The number of nitrogens with zero attached hydrogens (tertiary/aromatic N) is 3. The molecule has 1 aliphatic rings. The number of carbonyl (C=O) groups is 1. The van der Waals surface area contributed by atoms with Crippen LogP contribution in [-0.4, -0.2) is 45.1 Å². The van der Waals surface area contributed by atoms with E-state index in [1.807, 2.05) is 6.07 Å². The van der Waals surface area contributed by atoms with E-state index in [-0.39, 0.29) is 12.5 Å². The van der Waals surface area contributed by atoms with Crippen LogP contribution >= 0.6 is 0 Å². The minimum atomic E-state index is -3.61. The molecule has 6 nitrogen and oxygen atoms in total. The van der Waals surface area contributed by atoms with Gasteiger partial charge in [-0.15, -0.1) is 0 Å². The molecular weight excluding hydrogens is 314 g/mol. The van der Waals surface area contributed by atoms with Crippen LogP contribution in [0.3, 0.4) is 0 Å². The molecule has 0 bridgehead atoms. The third-order valence-electron chi connectivity index (χ3n) is 3.90. The number of anilines is 1. The summed E-state index contributed by atoms with van der Waals surface area (Å²) in [6.45, 7) is 1.12. The van der Waals surface area contributed by atoms with Crippen LogP contribution in [0.25, 0.3) is 0 Å². The lowest BCUT2D eigenvalue weighted by atomic mass is 10.2. The molecule has 1 aliphatic heterocycles. The van der Waals surface area contributed by atoms with Gasteiger partial charge < -0.3 is 4.90 Å². The van der Waals surface area contributed by atoms with Gasteiger partial charge in [-0.2, -0.15) is 5.26 Å². The minimum absolute atomic E-state index is 0.195. The molecule has 0 aliphatic carbocycles. The van der Waals surface area contributed by atoms with Crippen molar-refractivity contribution in [1.82, 2.24) is 4.90 Å². The number of nitriles is 1. The maximum absolute atomic E-state index is 12.5. The van der Waals surface area contributed by atoms with Crippen molar-refractivity contribution in [2.24, 2.45) is 0 Å². The van der Waals surface area contributed by atoms with Crippen LogP contribution in [-0.2, 0) is 14.8 Å². The smallest absolute Gasteiger partial charge is 0.243 e. The number of likely N-dealkylation sites (tertiary alicyclic amines) is 1. The van der Waals surface area contributed by atoms with Gasteiger partial charge in [0.05, 0.1) is 23.6 Å². The van der Waals surface area contributed by atoms with Crippen molar-refractivity contribution in [3.05, 3.63) is 29.8 Å². The highest BCUT2D eigenvalue weighted by Gasteiger charge is 2.24. The normalized spacial score (nSPS) is 15.6. The van der Waals surface area contributed by atoms with Gasteiger partial charge in [0.15, 0.2) is 0 Å². The molecule has 0 aromatic heterocycles. The fraction of sp³-hybridized carbons (Fsp3) is 0.500. The number of sulfonamides is 1. The topological polar surface area (TPSA) is 81.5 Å². The third-order valence-corrected chi connectivity index (χ3v) is 5.04. The number of benzene rings is 1. The summed E-state index contributed by atoms with van der Waals surface area (Å²) in [5.74, 6) is -0.195. The molecule has 0 saturated carbocycles. The van der Waals surface area contributed by atoms with Crippen LogP contribution in [0, 0.1) is 11.3 Å². The minimum Gasteiger partial charge on any atom is -0.341 e. The molecule has 1 heterocycles. The summed E-state index contributed by atoms with van der Waals surface area (Å²) in [6.07, 6.45) is 5.18. The van der Waals surface area contributed by atoms with Crippen LogP contribution in [0.1, 0.15) is 31.2 Å². The third kappa shape index (κ3) is 4.70. The van der Waals surface area contributed by atoms with E-state index in [4.69, 9.17) is 5.26 Å². The first-order valence-electron chi connectivity index (χ1n) is 7.67. The van der Waals surface area contributed by atoms with Crippen molar-refractivity contribution in [2.45, 2.75) is 25.7 Å². The number of amides is 1. The molecule has 1 fully saturated rings. The zero-order valence-corrected chi connectivity index (χ0v) is 14.1. The van der Waals surface area contributed by atoms with Crippen LogP contribution in [0.4, 0.5) is 5.69 Å². The molecule has 0 N–H and O–H groups in total. The van der Waals surface area contributed by atoms with Crippen molar-refractivity contribution >= 4 is 21.6 Å². The van der Waals surface area contributed by atoms with Crippen molar-refractivity contribution in [2.75, 3.05) is 30.2 Å². The second-order valence-electron chi connectivity index (χ2n) is 5.73. The molecule has 0 radical (unpaired) electrons. The molecule has 7 heteroatoms. The first-order chi connectivity index (χ1) is 10.9. The highest BCUT2D eigenvalue weighted by molar-refractivity contribution is 7.92. The SMILES string of the molecule is CS(=O)(=O)N(CC(=O)N1CCCCCC1)c1cccc(C#N)c1. The molecule has 0 spiro atoms. The van der Waals surface area contributed by atoms with Gasteiger partial charge in [-0.05, 0) is 31.0 Å². The van der Waals surface area contributed by atoms with Crippen molar-refractivity contribution < 1.29 is 13.2 Å². The van der Waals surface area contributed by atoms with Gasteiger partial charge in [0.1, 0.15) is 6.54 Å². The quantitative estimate of drug-likeness (QED) is 0.839. The molecule has 2 rings (SSSR count). The van der Waals surface area contributed by atoms with Crippen LogP contribution in [0.2, 0.25) is 0 Å². The predicted octanol–water partition coefficient (Wildman–Crippen LogP) is 1.73. The fourth-order valence-electron chi connectivity index (χ4n) is 2.67. The average Bonchev–Trinajstić information content (AvgIpc) is 2.80. The molecule has 23 heavy (non-hydrogen) atoms. The summed E-state index contributed by atoms with van der Waals surface area (Å²) in [5, 5.41) is 8.97. The highest BCUT2D eigenvalue weighted by Crippen LogP contribution is 2.19. The van der Waals surface area contributed by atoms with E-state index in [0.717, 1.165) is 36.2 Å². The second-order valence-corrected chi connectivity index (χ2v) is 7.63. The van der Waals surface area contributed by atoms with Crippen molar-refractivity contribution in [3.63, 3.8) is 0 Å². The molecule has 0 atom stereocenters. The molecule has 1 aromatic rings. The Balaban J connectivity index is 2.22. The molecule has 1 saturated heterocycles. The molecule has 1 amide bonds. The van der Waals surface area contributed by atoms with Gasteiger partial charge in [-0.3, -0.25) is 9.10 Å². The number of rotatable bonds is 4. The Morgan fingerprint density at radius 3 is 2.48 bits per heavy atom. The Morgan fingerprint density at radius 1 is 1.26 bits per heavy atom. The summed E-state index contributed by atoms with van der Waals surface area (Å²) < 4.78 is 25.3. The van der Waals surface area contributed by atoms with E-state index in [1.54, 1.807) is 23.1 Å². The Labute approximate surface area is 137 Å². The molecule has 1 aromatic carbocycles. The van der Waals surface area contributed by atoms with E-state index < -0.39 is 10.0 Å². The monoisotopic (exact) mass is 335 g/mol. The Hall–Kier alpha value is -2.07. The summed E-state index contributed by atoms with van der Waals surface area (Å²) in [6, 6.07) is 8.27. The molecule has 124 valence electrons. The predicted molar refractivity (Wildman–Crippen MR) is 88.4 cm³/mol. The summed E-state index contributed by atoms with van der Waals surface area (Å²) >= 11 is 0. The maximum atomic E-state index is 12.5. The largest absolute Gasteiger partial charge is 0.341 e. The standard InChI is InChI=1S/C16H21N3O3S/c1-23(21,22)19(15-8-6-7-14(11-15)12-17)13-16(20)18-9-4-2-3-5-10-18/h6-8,11H,2-5,9-10,13H2,1H3. The van der Waals surface area contributed by atoms with Crippen molar-refractivity contribution in [1.29, 1.82) is 5.26 Å². The molecule has 0 unspecified atom stereocenters. The zero-order chi connectivity index (χ0) is 16.9. The van der Waals surface area contributed by atoms with E-state index in [1.165, 1.54) is 6.07 Å². The first kappa shape index (κ1) is 17.3. The second kappa shape index (κ2) is 7.47. The van der Waals surface area contributed by atoms with Crippen LogP contribution in [0.5, 0.6) is 0 Å². The van der Waals surface area contributed by atoms with Gasteiger partial charge in [0.2, 0.25) is 15.9 Å². The lowest BCUT2D eigenvalue weighted by Crippen LogP contribution is -2.43. The van der Waals surface area contributed by atoms with E-state index >= 15 is 0 Å². The van der Waals surface area contributed by atoms with Gasteiger partial charge >= 0.3 is 0 Å². The van der Waals surface area contributed by atoms with E-state index in [2.05, 4.69) is 0 Å². The summed E-state index contributed by atoms with van der Waals surface area (Å²) in [4.78, 5) is 14.2. The lowest BCUT2D eigenvalue weighted by Gasteiger charge is -2.26. The maximum Gasteiger partial charge on any atom is 0.243 e. The Kier molecular flexibility index (Phi) is 5.61. The summed E-state index contributed by atoms with van der Waals surface area (Å²) in [7, 11) is -3.61. The Bertz CT molecular complexity index is 702. The van der Waals surface area contributed by atoms with Crippen LogP contribution < -0.4 is 4.31 Å². The first-order valence-corrected chi connectivity index (χ1v) is 9.52. The fourth-order valence-corrected chi connectivity index (χ4v) is 3.52. The van der Waals surface area contributed by atoms with Gasteiger partial charge in [-0.1, -0.05) is 18.9 Å². The van der Waals surface area contributed by atoms with Gasteiger partial charge in [0, 0.05) is 13.1 Å².